The van der Waals surface area contributed by atoms with Crippen molar-refractivity contribution in [2.24, 2.45) is 0 Å². The lowest BCUT2D eigenvalue weighted by molar-refractivity contribution is 0.112. The van der Waals surface area contributed by atoms with Crippen LogP contribution in [0, 0.1) is 0 Å². The molecule has 0 aliphatic heterocycles. The topological polar surface area (TPSA) is 67.5 Å². The SMILES string of the molecule is O=Cc1ccccc1-c1c2ccc(O)cc2oc2c1ccc1cc(=O)ccc12. The van der Waals surface area contributed by atoms with Crippen LogP contribution in [0.2, 0.25) is 0 Å². The Labute approximate surface area is 159 Å². The molecule has 0 saturated carbocycles. The monoisotopic (exact) mass is 366 g/mol. The van der Waals surface area contributed by atoms with Gasteiger partial charge in [0.15, 0.2) is 11.7 Å². The average molecular weight is 366 g/mol. The van der Waals surface area contributed by atoms with Gasteiger partial charge in [-0.2, -0.15) is 0 Å². The van der Waals surface area contributed by atoms with Gasteiger partial charge in [-0.05, 0) is 47.3 Å². The quantitative estimate of drug-likeness (QED) is 0.262. The average Bonchev–Trinajstić information content (AvgIpc) is 2.71. The number of phenols is 1. The summed E-state index contributed by atoms with van der Waals surface area (Å²) in [4.78, 5) is 23.4. The van der Waals surface area contributed by atoms with Gasteiger partial charge < -0.3 is 9.52 Å². The number of rotatable bonds is 2. The van der Waals surface area contributed by atoms with Crippen LogP contribution < -0.4 is 5.43 Å². The summed E-state index contributed by atoms with van der Waals surface area (Å²) in [5, 5.41) is 13.2. The van der Waals surface area contributed by atoms with E-state index in [1.165, 1.54) is 6.07 Å². The zero-order valence-electron chi connectivity index (χ0n) is 14.7. The Kier molecular flexibility index (Phi) is 3.52. The molecule has 0 amide bonds. The zero-order valence-corrected chi connectivity index (χ0v) is 14.7. The van der Waals surface area contributed by atoms with Crippen LogP contribution in [0.15, 0.2) is 82.0 Å². The van der Waals surface area contributed by atoms with Crippen molar-refractivity contribution in [2.75, 3.05) is 0 Å². The van der Waals surface area contributed by atoms with Gasteiger partial charge in [0.05, 0.1) is 0 Å². The Bertz CT molecular complexity index is 1460. The Morgan fingerprint density at radius 3 is 2.46 bits per heavy atom. The maximum atomic E-state index is 11.7. The normalized spacial score (nSPS) is 11.3. The summed E-state index contributed by atoms with van der Waals surface area (Å²) in [6, 6.07) is 20.9. The molecule has 5 rings (SSSR count). The van der Waals surface area contributed by atoms with E-state index in [1.54, 1.807) is 36.4 Å². The molecule has 28 heavy (non-hydrogen) atoms. The molecule has 134 valence electrons. The summed E-state index contributed by atoms with van der Waals surface area (Å²) in [6.07, 6.45) is 0.836. The molecule has 4 nitrogen and oxygen atoms in total. The first-order valence-electron chi connectivity index (χ1n) is 8.82. The molecule has 0 atom stereocenters. The van der Waals surface area contributed by atoms with Crippen molar-refractivity contribution in [3.8, 4) is 16.9 Å². The fourth-order valence-corrected chi connectivity index (χ4v) is 3.76. The first-order valence-corrected chi connectivity index (χ1v) is 8.82. The fraction of sp³-hybridized carbons (Fsp3) is 0. The lowest BCUT2D eigenvalue weighted by Crippen LogP contribution is -1.95. The smallest absolute Gasteiger partial charge is 0.179 e. The maximum absolute atomic E-state index is 11.7. The molecule has 5 aromatic rings. The Morgan fingerprint density at radius 1 is 0.821 bits per heavy atom. The number of carbonyl (C=O) groups is 1. The molecule has 0 bridgehead atoms. The van der Waals surface area contributed by atoms with Crippen molar-refractivity contribution in [3.63, 3.8) is 0 Å². The molecular weight excluding hydrogens is 352 g/mol. The molecule has 1 heterocycles. The summed E-state index contributed by atoms with van der Waals surface area (Å²) in [5.74, 6) is 0.0901. The largest absolute Gasteiger partial charge is 0.508 e. The number of carbonyl (C=O) groups excluding carboxylic acids is 1. The molecule has 1 N–H and O–H groups in total. The van der Waals surface area contributed by atoms with E-state index in [0.717, 1.165) is 39.0 Å². The van der Waals surface area contributed by atoms with Crippen molar-refractivity contribution >= 4 is 39.0 Å². The van der Waals surface area contributed by atoms with Crippen LogP contribution in [-0.2, 0) is 0 Å². The van der Waals surface area contributed by atoms with Gasteiger partial charge in [0, 0.05) is 33.4 Å². The predicted octanol–water partition coefficient (Wildman–Crippen LogP) is 5.28. The number of hydrogen-bond donors (Lipinski definition) is 1. The van der Waals surface area contributed by atoms with Gasteiger partial charge in [0.25, 0.3) is 0 Å². The summed E-state index contributed by atoms with van der Waals surface area (Å²) < 4.78 is 6.17. The van der Waals surface area contributed by atoms with Crippen molar-refractivity contribution in [3.05, 3.63) is 88.6 Å². The molecule has 1 aromatic heterocycles. The van der Waals surface area contributed by atoms with E-state index >= 15 is 0 Å². The van der Waals surface area contributed by atoms with E-state index in [1.807, 2.05) is 30.3 Å². The molecular formula is C24H14O4. The van der Waals surface area contributed by atoms with E-state index in [4.69, 9.17) is 4.42 Å². The lowest BCUT2D eigenvalue weighted by atomic mass is 9.92. The van der Waals surface area contributed by atoms with Crippen LogP contribution in [0.25, 0.3) is 43.8 Å². The highest BCUT2D eigenvalue weighted by Crippen LogP contribution is 2.40. The van der Waals surface area contributed by atoms with Gasteiger partial charge in [0.2, 0.25) is 0 Å². The predicted molar refractivity (Wildman–Crippen MR) is 110 cm³/mol. The van der Waals surface area contributed by atoms with Crippen LogP contribution in [-0.4, -0.2) is 11.4 Å². The highest BCUT2D eigenvalue weighted by molar-refractivity contribution is 6.16. The lowest BCUT2D eigenvalue weighted by Gasteiger charge is -2.14. The first-order chi connectivity index (χ1) is 13.7. The molecule has 0 saturated heterocycles. The second-order valence-electron chi connectivity index (χ2n) is 6.69. The van der Waals surface area contributed by atoms with E-state index in [0.29, 0.717) is 16.7 Å². The van der Waals surface area contributed by atoms with Gasteiger partial charge in [-0.3, -0.25) is 9.59 Å². The molecule has 0 fully saturated rings. The third-order valence-electron chi connectivity index (χ3n) is 5.01. The van der Waals surface area contributed by atoms with Gasteiger partial charge >= 0.3 is 0 Å². The second-order valence-corrected chi connectivity index (χ2v) is 6.69. The van der Waals surface area contributed by atoms with Crippen LogP contribution in [0.5, 0.6) is 5.75 Å². The number of fused-ring (bicyclic) bond motifs is 4. The van der Waals surface area contributed by atoms with Gasteiger partial charge in [-0.1, -0.05) is 30.3 Å². The Morgan fingerprint density at radius 2 is 1.61 bits per heavy atom. The summed E-state index contributed by atoms with van der Waals surface area (Å²) in [6.45, 7) is 0. The fourth-order valence-electron chi connectivity index (χ4n) is 3.76. The Balaban J connectivity index is 2.05. The maximum Gasteiger partial charge on any atom is 0.179 e. The number of benzene rings is 4. The minimum absolute atomic E-state index is 0.0724. The van der Waals surface area contributed by atoms with E-state index < -0.39 is 0 Å². The van der Waals surface area contributed by atoms with Gasteiger partial charge in [-0.25, -0.2) is 0 Å². The van der Waals surface area contributed by atoms with E-state index in [-0.39, 0.29) is 11.2 Å². The van der Waals surface area contributed by atoms with Crippen molar-refractivity contribution in [1.29, 1.82) is 0 Å². The molecule has 4 heteroatoms. The number of aromatic hydroxyl groups is 1. The molecule has 0 aliphatic rings. The molecule has 4 aromatic carbocycles. The van der Waals surface area contributed by atoms with Gasteiger partial charge in [-0.15, -0.1) is 0 Å². The first kappa shape index (κ1) is 16.3. The highest BCUT2D eigenvalue weighted by atomic mass is 16.3. The number of phenolic OH excluding ortho intramolecular Hbond substituents is 1. The van der Waals surface area contributed by atoms with Crippen LogP contribution in [0.4, 0.5) is 0 Å². The third kappa shape index (κ3) is 2.39. The Hall–Kier alpha value is -3.92. The van der Waals surface area contributed by atoms with Crippen molar-refractivity contribution in [2.45, 2.75) is 0 Å². The van der Waals surface area contributed by atoms with E-state index in [2.05, 4.69) is 0 Å². The van der Waals surface area contributed by atoms with Crippen LogP contribution in [0.3, 0.4) is 0 Å². The number of aldehydes is 1. The zero-order chi connectivity index (χ0) is 19.3. The number of hydrogen-bond acceptors (Lipinski definition) is 4. The molecule has 0 spiro atoms. The van der Waals surface area contributed by atoms with Crippen molar-refractivity contribution in [1.82, 2.24) is 0 Å². The third-order valence-corrected chi connectivity index (χ3v) is 5.01. The molecule has 0 unspecified atom stereocenters. The standard InChI is InChI=1S/C24H14O4/c25-13-15-3-1-2-4-18(15)23-20-10-7-17(27)12-22(20)28-24-19-9-6-16(26)11-14(19)5-8-21(23)24/h1-13,27H. The minimum atomic E-state index is -0.0724. The van der Waals surface area contributed by atoms with Crippen molar-refractivity contribution < 1.29 is 14.3 Å². The summed E-state index contributed by atoms with van der Waals surface area (Å²) in [5.41, 5.74) is 3.24. The van der Waals surface area contributed by atoms with Crippen LogP contribution >= 0.6 is 0 Å². The van der Waals surface area contributed by atoms with Gasteiger partial charge in [0.1, 0.15) is 16.9 Å². The molecule has 0 radical (unpaired) electrons. The summed E-state index contributed by atoms with van der Waals surface area (Å²) in [7, 11) is 0. The summed E-state index contributed by atoms with van der Waals surface area (Å²) >= 11 is 0. The highest BCUT2D eigenvalue weighted by Gasteiger charge is 2.16. The second kappa shape index (κ2) is 6.06. The van der Waals surface area contributed by atoms with Crippen LogP contribution in [0.1, 0.15) is 10.4 Å². The van der Waals surface area contributed by atoms with E-state index in [9.17, 15) is 14.7 Å². The molecule has 0 aliphatic carbocycles. The minimum Gasteiger partial charge on any atom is -0.508 e.